The third-order valence-electron chi connectivity index (χ3n) is 3.78. The maximum absolute atomic E-state index is 6.13. The van der Waals surface area contributed by atoms with Gasteiger partial charge in [0.1, 0.15) is 0 Å². The molecule has 2 aromatic rings. The van der Waals surface area contributed by atoms with Gasteiger partial charge in [0, 0.05) is 8.59 Å². The predicted molar refractivity (Wildman–Crippen MR) is 98.6 cm³/mol. The molecule has 4 heteroatoms. The summed E-state index contributed by atoms with van der Waals surface area (Å²) in [6.07, 6.45) is 0.852. The summed E-state index contributed by atoms with van der Waals surface area (Å²) in [6.45, 7) is 6.44. The van der Waals surface area contributed by atoms with Gasteiger partial charge in [-0.15, -0.1) is 0 Å². The van der Waals surface area contributed by atoms with Crippen molar-refractivity contribution in [2.75, 3.05) is 0 Å². The van der Waals surface area contributed by atoms with Gasteiger partial charge in [0.05, 0.1) is 6.04 Å². The molecule has 2 nitrogen and oxygen atoms in total. The Bertz CT molecular complexity index is 632. The average molecular weight is 415 g/mol. The zero-order chi connectivity index (χ0) is 15.6. The third kappa shape index (κ3) is 3.97. The highest BCUT2D eigenvalue weighted by atomic mass is 127. The van der Waals surface area contributed by atoms with Crippen molar-refractivity contribution in [2.24, 2.45) is 5.84 Å². The topological polar surface area (TPSA) is 38.0 Å². The van der Waals surface area contributed by atoms with Gasteiger partial charge in [0.2, 0.25) is 0 Å². The SMILES string of the molecule is Cc1cc(C)c(CC(NN)c2cc(Cl)ccc2I)c(C)c1. The van der Waals surface area contributed by atoms with Crippen LogP contribution in [0.25, 0.3) is 0 Å². The van der Waals surface area contributed by atoms with Crippen molar-refractivity contribution in [3.8, 4) is 0 Å². The van der Waals surface area contributed by atoms with Crippen LogP contribution in [0.15, 0.2) is 30.3 Å². The number of hydrazine groups is 1. The number of benzene rings is 2. The van der Waals surface area contributed by atoms with Crippen LogP contribution in [0, 0.1) is 24.3 Å². The van der Waals surface area contributed by atoms with Crippen molar-refractivity contribution in [1.82, 2.24) is 5.43 Å². The lowest BCUT2D eigenvalue weighted by atomic mass is 9.92. The normalized spacial score (nSPS) is 12.5. The van der Waals surface area contributed by atoms with Crippen molar-refractivity contribution >= 4 is 34.2 Å². The van der Waals surface area contributed by atoms with Crippen LogP contribution in [0.5, 0.6) is 0 Å². The fourth-order valence-electron chi connectivity index (χ4n) is 2.78. The Morgan fingerprint density at radius 2 is 1.76 bits per heavy atom. The molecule has 2 rings (SSSR count). The first-order chi connectivity index (χ1) is 9.92. The Morgan fingerprint density at radius 1 is 1.14 bits per heavy atom. The summed E-state index contributed by atoms with van der Waals surface area (Å²) in [7, 11) is 0. The molecule has 1 atom stereocenters. The highest BCUT2D eigenvalue weighted by Crippen LogP contribution is 2.28. The molecule has 0 bridgehead atoms. The van der Waals surface area contributed by atoms with Gasteiger partial charge in [-0.1, -0.05) is 29.3 Å². The number of halogens is 2. The molecular weight excluding hydrogens is 395 g/mol. The standard InChI is InChI=1S/C17H20ClIN2/c1-10-6-11(2)14(12(3)7-10)9-17(21-20)15-8-13(18)4-5-16(15)19/h4-8,17,21H,9,20H2,1-3H3. The second kappa shape index (κ2) is 7.09. The molecule has 0 saturated carbocycles. The summed E-state index contributed by atoms with van der Waals surface area (Å²) in [6, 6.07) is 10.4. The first kappa shape index (κ1) is 16.7. The zero-order valence-corrected chi connectivity index (χ0v) is 15.4. The van der Waals surface area contributed by atoms with Gasteiger partial charge in [-0.05, 0) is 90.2 Å². The molecule has 112 valence electrons. The van der Waals surface area contributed by atoms with E-state index in [0.29, 0.717) is 0 Å². The molecule has 0 radical (unpaired) electrons. The Hall–Kier alpha value is -0.620. The van der Waals surface area contributed by atoms with E-state index in [1.54, 1.807) is 0 Å². The Morgan fingerprint density at radius 3 is 2.33 bits per heavy atom. The van der Waals surface area contributed by atoms with Gasteiger partial charge < -0.3 is 0 Å². The average Bonchev–Trinajstić information content (AvgIpc) is 2.41. The molecule has 3 N–H and O–H groups in total. The quantitative estimate of drug-likeness (QED) is 0.435. The molecule has 0 aromatic heterocycles. The van der Waals surface area contributed by atoms with Crippen molar-refractivity contribution < 1.29 is 0 Å². The fourth-order valence-corrected chi connectivity index (χ4v) is 3.67. The van der Waals surface area contributed by atoms with Crippen LogP contribution in [-0.2, 0) is 6.42 Å². The fraction of sp³-hybridized carbons (Fsp3) is 0.294. The molecule has 0 aliphatic rings. The van der Waals surface area contributed by atoms with Crippen LogP contribution in [0.3, 0.4) is 0 Å². The maximum Gasteiger partial charge on any atom is 0.0511 e. The summed E-state index contributed by atoms with van der Waals surface area (Å²) in [5, 5.41) is 0.739. The molecular formula is C17H20ClIN2. The Balaban J connectivity index is 2.38. The minimum atomic E-state index is 0.0516. The third-order valence-corrected chi connectivity index (χ3v) is 5.00. The van der Waals surface area contributed by atoms with Crippen molar-refractivity contribution in [1.29, 1.82) is 0 Å². The number of hydrogen-bond acceptors (Lipinski definition) is 2. The van der Waals surface area contributed by atoms with Crippen LogP contribution < -0.4 is 11.3 Å². The minimum absolute atomic E-state index is 0.0516. The number of nitrogens with two attached hydrogens (primary N) is 1. The number of rotatable bonds is 4. The second-order valence-electron chi connectivity index (χ2n) is 5.47. The largest absolute Gasteiger partial charge is 0.271 e. The first-order valence-corrected chi connectivity index (χ1v) is 8.36. The van der Waals surface area contributed by atoms with E-state index in [9.17, 15) is 0 Å². The van der Waals surface area contributed by atoms with E-state index in [4.69, 9.17) is 17.4 Å². The van der Waals surface area contributed by atoms with Gasteiger partial charge in [0.15, 0.2) is 0 Å². The van der Waals surface area contributed by atoms with Gasteiger partial charge in [0.25, 0.3) is 0 Å². The predicted octanol–water partition coefficient (Wildman–Crippen LogP) is 4.62. The number of nitrogens with one attached hydrogen (secondary N) is 1. The van der Waals surface area contributed by atoms with E-state index in [1.165, 1.54) is 25.8 Å². The minimum Gasteiger partial charge on any atom is -0.271 e. The van der Waals surface area contributed by atoms with Crippen LogP contribution >= 0.6 is 34.2 Å². The molecule has 0 saturated heterocycles. The van der Waals surface area contributed by atoms with Gasteiger partial charge in [-0.2, -0.15) is 0 Å². The summed E-state index contributed by atoms with van der Waals surface area (Å²) in [4.78, 5) is 0. The molecule has 21 heavy (non-hydrogen) atoms. The van der Waals surface area contributed by atoms with E-state index >= 15 is 0 Å². The van der Waals surface area contributed by atoms with Crippen LogP contribution in [-0.4, -0.2) is 0 Å². The molecule has 0 fully saturated rings. The van der Waals surface area contributed by atoms with Gasteiger partial charge in [-0.3, -0.25) is 11.3 Å². The second-order valence-corrected chi connectivity index (χ2v) is 7.07. The molecule has 2 aromatic carbocycles. The maximum atomic E-state index is 6.13. The lowest BCUT2D eigenvalue weighted by Crippen LogP contribution is -2.30. The van der Waals surface area contributed by atoms with E-state index in [2.05, 4.69) is 60.9 Å². The van der Waals surface area contributed by atoms with Crippen LogP contribution in [0.4, 0.5) is 0 Å². The smallest absolute Gasteiger partial charge is 0.0511 e. The summed E-state index contributed by atoms with van der Waals surface area (Å²) >= 11 is 8.46. The van der Waals surface area contributed by atoms with E-state index in [1.807, 2.05) is 18.2 Å². The lowest BCUT2D eigenvalue weighted by molar-refractivity contribution is 0.547. The molecule has 0 heterocycles. The highest BCUT2D eigenvalue weighted by molar-refractivity contribution is 14.1. The van der Waals surface area contributed by atoms with Crippen molar-refractivity contribution in [3.63, 3.8) is 0 Å². The first-order valence-electron chi connectivity index (χ1n) is 6.90. The van der Waals surface area contributed by atoms with Crippen molar-refractivity contribution in [3.05, 3.63) is 66.7 Å². The number of aryl methyl sites for hydroxylation is 3. The molecule has 0 aliphatic carbocycles. The molecule has 0 spiro atoms. The number of hydrogen-bond donors (Lipinski definition) is 2. The highest BCUT2D eigenvalue weighted by Gasteiger charge is 2.16. The summed E-state index contributed by atoms with van der Waals surface area (Å²) < 4.78 is 1.17. The van der Waals surface area contributed by atoms with Gasteiger partial charge >= 0.3 is 0 Å². The zero-order valence-electron chi connectivity index (χ0n) is 12.5. The van der Waals surface area contributed by atoms with E-state index in [-0.39, 0.29) is 6.04 Å². The van der Waals surface area contributed by atoms with Crippen LogP contribution in [0.2, 0.25) is 5.02 Å². The summed E-state index contributed by atoms with van der Waals surface area (Å²) in [5.74, 6) is 5.81. The molecule has 0 amide bonds. The summed E-state index contributed by atoms with van der Waals surface area (Å²) in [5.41, 5.74) is 9.35. The molecule has 1 unspecified atom stereocenters. The van der Waals surface area contributed by atoms with Crippen LogP contribution in [0.1, 0.15) is 33.9 Å². The van der Waals surface area contributed by atoms with E-state index < -0.39 is 0 Å². The van der Waals surface area contributed by atoms with Crippen molar-refractivity contribution in [2.45, 2.75) is 33.2 Å². The van der Waals surface area contributed by atoms with E-state index in [0.717, 1.165) is 17.0 Å². The Labute approximate surface area is 145 Å². The monoisotopic (exact) mass is 414 g/mol. The lowest BCUT2D eigenvalue weighted by Gasteiger charge is -2.21. The Kier molecular flexibility index (Phi) is 5.66. The van der Waals surface area contributed by atoms with Gasteiger partial charge in [-0.25, -0.2) is 0 Å². The molecule has 0 aliphatic heterocycles.